The van der Waals surface area contributed by atoms with Gasteiger partial charge in [-0.25, -0.2) is 8.42 Å². The Hall–Kier alpha value is -2.22. The molecule has 1 aliphatic heterocycles. The van der Waals surface area contributed by atoms with Crippen LogP contribution in [0.1, 0.15) is 30.1 Å². The van der Waals surface area contributed by atoms with E-state index in [4.69, 9.17) is 4.52 Å². The molecule has 1 aromatic carbocycles. The first-order valence-corrected chi connectivity index (χ1v) is 9.67. The van der Waals surface area contributed by atoms with Gasteiger partial charge in [0.2, 0.25) is 11.8 Å². The van der Waals surface area contributed by atoms with Gasteiger partial charge < -0.3 is 9.84 Å². The molecule has 7 nitrogen and oxygen atoms in total. The quantitative estimate of drug-likeness (QED) is 0.831. The molecule has 8 heteroatoms. The van der Waals surface area contributed by atoms with Gasteiger partial charge in [0.1, 0.15) is 0 Å². The average Bonchev–Trinajstić information content (AvgIpc) is 3.12. The molecule has 0 unspecified atom stereocenters. The summed E-state index contributed by atoms with van der Waals surface area (Å²) >= 11 is 0. The van der Waals surface area contributed by atoms with Gasteiger partial charge in [-0.3, -0.25) is 4.79 Å². The molecule has 1 atom stereocenters. The molecule has 0 radical (unpaired) electrons. The highest BCUT2D eigenvalue weighted by molar-refractivity contribution is 7.91. The maximum atomic E-state index is 11.9. The number of sulfone groups is 1. The van der Waals surface area contributed by atoms with Crippen molar-refractivity contribution in [1.82, 2.24) is 15.5 Å². The molecule has 0 saturated carbocycles. The van der Waals surface area contributed by atoms with E-state index in [-0.39, 0.29) is 29.9 Å². The number of hydrogen-bond donors (Lipinski definition) is 1. The smallest absolute Gasteiger partial charge is 0.227 e. The highest BCUT2D eigenvalue weighted by Gasteiger charge is 2.28. The Morgan fingerprint density at radius 1 is 1.29 bits per heavy atom. The van der Waals surface area contributed by atoms with Gasteiger partial charge in [0.05, 0.1) is 11.5 Å². The van der Waals surface area contributed by atoms with Crippen LogP contribution in [-0.2, 0) is 27.5 Å². The van der Waals surface area contributed by atoms with E-state index in [1.54, 1.807) is 0 Å². The van der Waals surface area contributed by atoms with Crippen LogP contribution in [0.2, 0.25) is 0 Å². The molecule has 1 saturated heterocycles. The van der Waals surface area contributed by atoms with Gasteiger partial charge >= 0.3 is 0 Å². The fourth-order valence-electron chi connectivity index (χ4n) is 2.67. The zero-order valence-electron chi connectivity index (χ0n) is 13.1. The minimum atomic E-state index is -2.99. The van der Waals surface area contributed by atoms with Crippen molar-refractivity contribution in [1.29, 1.82) is 0 Å². The van der Waals surface area contributed by atoms with Gasteiger partial charge in [-0.05, 0) is 12.0 Å². The van der Waals surface area contributed by atoms with Crippen LogP contribution in [-0.4, -0.2) is 42.0 Å². The average molecular weight is 349 g/mol. The number of hydrogen-bond acceptors (Lipinski definition) is 6. The number of nitrogens with zero attached hydrogens (tertiary/aromatic N) is 2. The Kier molecular flexibility index (Phi) is 4.94. The summed E-state index contributed by atoms with van der Waals surface area (Å²) in [4.78, 5) is 16.2. The van der Waals surface area contributed by atoms with Gasteiger partial charge in [0.15, 0.2) is 15.7 Å². The van der Waals surface area contributed by atoms with Crippen LogP contribution in [0.4, 0.5) is 0 Å². The summed E-state index contributed by atoms with van der Waals surface area (Å²) in [6, 6.07) is 9.53. The van der Waals surface area contributed by atoms with E-state index in [1.165, 1.54) is 0 Å². The van der Waals surface area contributed by atoms with Crippen LogP contribution >= 0.6 is 0 Å². The lowest BCUT2D eigenvalue weighted by molar-refractivity contribution is -0.121. The summed E-state index contributed by atoms with van der Waals surface area (Å²) in [5, 5.41) is 6.66. The lowest BCUT2D eigenvalue weighted by atomic mass is 10.1. The molecule has 3 rings (SSSR count). The van der Waals surface area contributed by atoms with Crippen molar-refractivity contribution in [3.63, 3.8) is 0 Å². The third-order valence-electron chi connectivity index (χ3n) is 3.88. The molecular formula is C16H19N3O4S. The van der Waals surface area contributed by atoms with Crippen molar-refractivity contribution in [2.45, 2.75) is 31.7 Å². The number of aromatic nitrogens is 2. The molecule has 0 bridgehead atoms. The summed E-state index contributed by atoms with van der Waals surface area (Å²) in [7, 11) is -2.99. The van der Waals surface area contributed by atoms with E-state index >= 15 is 0 Å². The zero-order chi connectivity index (χ0) is 17.0. The number of amides is 1. The van der Waals surface area contributed by atoms with E-state index in [9.17, 15) is 13.2 Å². The van der Waals surface area contributed by atoms with E-state index in [0.29, 0.717) is 31.0 Å². The predicted molar refractivity (Wildman–Crippen MR) is 87.1 cm³/mol. The molecule has 1 amide bonds. The normalized spacial score (nSPS) is 19.2. The number of benzene rings is 1. The Bertz CT molecular complexity index is 802. The van der Waals surface area contributed by atoms with E-state index < -0.39 is 9.84 Å². The number of carbonyl (C=O) groups is 1. The number of nitrogens with one attached hydrogen (secondary N) is 1. The van der Waals surface area contributed by atoms with Gasteiger partial charge in [0.25, 0.3) is 0 Å². The molecule has 2 heterocycles. The number of carbonyl (C=O) groups excluding carboxylic acids is 1. The van der Waals surface area contributed by atoms with Crippen molar-refractivity contribution >= 4 is 15.7 Å². The Labute approximate surface area is 140 Å². The van der Waals surface area contributed by atoms with Gasteiger partial charge in [0, 0.05) is 25.3 Å². The Morgan fingerprint density at radius 3 is 2.79 bits per heavy atom. The van der Waals surface area contributed by atoms with Gasteiger partial charge in [-0.15, -0.1) is 0 Å². The minimum absolute atomic E-state index is 0.0283. The molecular weight excluding hydrogens is 330 g/mol. The Morgan fingerprint density at radius 2 is 2.08 bits per heavy atom. The molecule has 1 N–H and O–H groups in total. The first kappa shape index (κ1) is 16.6. The molecule has 128 valence electrons. The maximum absolute atomic E-state index is 11.9. The lowest BCUT2D eigenvalue weighted by Gasteiger charge is -2.09. The van der Waals surface area contributed by atoms with Gasteiger partial charge in [-0.2, -0.15) is 4.98 Å². The van der Waals surface area contributed by atoms with Crippen LogP contribution < -0.4 is 5.32 Å². The first-order chi connectivity index (χ1) is 11.5. The van der Waals surface area contributed by atoms with E-state index in [2.05, 4.69) is 15.5 Å². The number of rotatable bonds is 6. The van der Waals surface area contributed by atoms with Crippen molar-refractivity contribution in [2.75, 3.05) is 11.5 Å². The monoisotopic (exact) mass is 349 g/mol. The summed E-state index contributed by atoms with van der Waals surface area (Å²) in [5.41, 5.74) is 1.09. The SMILES string of the molecule is O=C(CCc1nc(Cc2ccccc2)no1)N[C@@H]1CCS(=O)(=O)C1. The molecule has 1 aliphatic rings. The largest absolute Gasteiger partial charge is 0.352 e. The predicted octanol–water partition coefficient (Wildman–Crippen LogP) is 0.896. The third-order valence-corrected chi connectivity index (χ3v) is 5.65. The summed E-state index contributed by atoms with van der Waals surface area (Å²) in [6.07, 6.45) is 1.60. The number of aryl methyl sites for hydroxylation is 1. The molecule has 1 aromatic heterocycles. The lowest BCUT2D eigenvalue weighted by Crippen LogP contribution is -2.35. The highest BCUT2D eigenvalue weighted by Crippen LogP contribution is 2.12. The van der Waals surface area contributed by atoms with Crippen molar-refractivity contribution in [3.8, 4) is 0 Å². The molecule has 2 aromatic rings. The summed E-state index contributed by atoms with van der Waals surface area (Å²) < 4.78 is 27.9. The van der Waals surface area contributed by atoms with Crippen molar-refractivity contribution in [3.05, 3.63) is 47.6 Å². The Balaban J connectivity index is 1.46. The maximum Gasteiger partial charge on any atom is 0.227 e. The second-order valence-corrected chi connectivity index (χ2v) is 8.16. The first-order valence-electron chi connectivity index (χ1n) is 7.85. The highest BCUT2D eigenvalue weighted by atomic mass is 32.2. The summed E-state index contributed by atoms with van der Waals surface area (Å²) in [5.74, 6) is 0.971. The fourth-order valence-corrected chi connectivity index (χ4v) is 4.34. The minimum Gasteiger partial charge on any atom is -0.352 e. The van der Waals surface area contributed by atoms with Gasteiger partial charge in [-0.1, -0.05) is 35.5 Å². The summed E-state index contributed by atoms with van der Waals surface area (Å²) in [6.45, 7) is 0. The van der Waals surface area contributed by atoms with Crippen molar-refractivity contribution < 1.29 is 17.7 Å². The zero-order valence-corrected chi connectivity index (χ0v) is 14.0. The van der Waals surface area contributed by atoms with Crippen LogP contribution in [0, 0.1) is 0 Å². The molecule has 0 spiro atoms. The third kappa shape index (κ3) is 4.64. The molecule has 1 fully saturated rings. The van der Waals surface area contributed by atoms with Crippen LogP contribution in [0.3, 0.4) is 0 Å². The second-order valence-electron chi connectivity index (χ2n) is 5.93. The van der Waals surface area contributed by atoms with Crippen molar-refractivity contribution in [2.24, 2.45) is 0 Å². The van der Waals surface area contributed by atoms with Crippen LogP contribution in [0.25, 0.3) is 0 Å². The molecule has 24 heavy (non-hydrogen) atoms. The van der Waals surface area contributed by atoms with E-state index in [0.717, 1.165) is 5.56 Å². The second kappa shape index (κ2) is 7.12. The van der Waals surface area contributed by atoms with Crippen LogP contribution in [0.5, 0.6) is 0 Å². The van der Waals surface area contributed by atoms with Crippen LogP contribution in [0.15, 0.2) is 34.9 Å². The fraction of sp³-hybridized carbons (Fsp3) is 0.438. The van der Waals surface area contributed by atoms with E-state index in [1.807, 2.05) is 30.3 Å². The standard InChI is InChI=1S/C16H19N3O4S/c20-15(17-13-8-9-24(21,22)11-13)6-7-16-18-14(19-23-16)10-12-4-2-1-3-5-12/h1-5,13H,6-11H2,(H,17,20)/t13-/m1/s1. The molecule has 0 aliphatic carbocycles. The topological polar surface area (TPSA) is 102 Å².